The molecule has 6 heterocycles. The molecule has 11 rings (SSSR count). The highest BCUT2D eigenvalue weighted by molar-refractivity contribution is 6.05. The van der Waals surface area contributed by atoms with Crippen LogP contribution in [0.25, 0.3) is 16.4 Å². The summed E-state index contributed by atoms with van der Waals surface area (Å²) in [5, 5.41) is 36.0. The molecule has 3 amide bonds. The standard InChI is InChI=1S/C47H52F2N10O4/c1-45(2,63)35-25-38-30(22-39(35)52-44(62)40-5-3-32-21-29(26-50)27-51-59(32)40)28-58(54-38)47-12-9-46(10-13-47,11-14-47)57-19-17-56(18-20-57)31-7-15-55(16-8-31)33-23-36(48)42(37(49)24-33)34-4-6-41(60)53-43(34)61/h3,5,21-25,27-28,31,34,63H,4,6-20H2,1-2H3,(H,52,62)(H,53,60,61)/t34-,46?,47?/m1/s1. The number of carbonyl (C=O) groups is 3. The summed E-state index contributed by atoms with van der Waals surface area (Å²) in [7, 11) is 0. The Morgan fingerprint density at radius 2 is 1.60 bits per heavy atom. The molecule has 0 unspecified atom stereocenters. The van der Waals surface area contributed by atoms with Gasteiger partial charge in [-0.2, -0.15) is 15.5 Å². The number of piperidine rings is 2. The first-order valence-corrected chi connectivity index (χ1v) is 22.3. The van der Waals surface area contributed by atoms with Gasteiger partial charge in [-0.3, -0.25) is 34.2 Å². The number of amides is 3. The molecule has 3 aliphatic carbocycles. The highest BCUT2D eigenvalue weighted by Gasteiger charge is 2.53. The first kappa shape index (κ1) is 41.3. The van der Waals surface area contributed by atoms with Crippen LogP contribution >= 0.6 is 0 Å². The van der Waals surface area contributed by atoms with Crippen LogP contribution in [0.2, 0.25) is 0 Å². The minimum absolute atomic E-state index is 0.0612. The van der Waals surface area contributed by atoms with E-state index in [0.29, 0.717) is 52.8 Å². The minimum atomic E-state index is -1.26. The second-order valence-electron chi connectivity index (χ2n) is 19.0. The summed E-state index contributed by atoms with van der Waals surface area (Å²) in [5.74, 6) is -3.93. The average molecular weight is 859 g/mol. The summed E-state index contributed by atoms with van der Waals surface area (Å²) >= 11 is 0. The first-order chi connectivity index (χ1) is 30.2. The van der Waals surface area contributed by atoms with Gasteiger partial charge in [0, 0.05) is 91.4 Å². The number of halogens is 2. The Morgan fingerprint density at radius 1 is 0.921 bits per heavy atom. The molecular formula is C47H52F2N10O4. The Bertz CT molecular complexity index is 2650. The van der Waals surface area contributed by atoms with E-state index in [1.54, 1.807) is 32.0 Å². The molecule has 3 saturated carbocycles. The number of anilines is 2. The largest absolute Gasteiger partial charge is 0.386 e. The van der Waals surface area contributed by atoms with Gasteiger partial charge in [-0.1, -0.05) is 0 Å². The number of aliphatic hydroxyl groups is 1. The molecule has 16 heteroatoms. The van der Waals surface area contributed by atoms with Crippen LogP contribution in [0.5, 0.6) is 0 Å². The van der Waals surface area contributed by atoms with Gasteiger partial charge in [0.15, 0.2) is 0 Å². The van der Waals surface area contributed by atoms with Crippen molar-refractivity contribution < 1.29 is 28.3 Å². The lowest BCUT2D eigenvalue weighted by Crippen LogP contribution is -2.64. The zero-order chi connectivity index (χ0) is 43.8. The van der Waals surface area contributed by atoms with Crippen LogP contribution in [0, 0.1) is 23.0 Å². The summed E-state index contributed by atoms with van der Waals surface area (Å²) in [6, 6.07) is 14.0. The van der Waals surface area contributed by atoms with Gasteiger partial charge in [0.2, 0.25) is 11.8 Å². The Morgan fingerprint density at radius 3 is 2.25 bits per heavy atom. The van der Waals surface area contributed by atoms with Crippen LogP contribution in [0.15, 0.2) is 54.9 Å². The first-order valence-electron chi connectivity index (χ1n) is 22.3. The van der Waals surface area contributed by atoms with Crippen molar-refractivity contribution in [2.24, 2.45) is 0 Å². The summed E-state index contributed by atoms with van der Waals surface area (Å²) < 4.78 is 34.3. The lowest BCUT2D eigenvalue weighted by molar-refractivity contribution is -0.134. The molecule has 3 N–H and O–H groups in total. The summed E-state index contributed by atoms with van der Waals surface area (Å²) in [4.78, 5) is 44.9. The number of hydrogen-bond donors (Lipinski definition) is 3. The maximum atomic E-state index is 15.3. The number of imide groups is 1. The molecule has 0 radical (unpaired) electrons. The van der Waals surface area contributed by atoms with E-state index in [-0.39, 0.29) is 35.4 Å². The van der Waals surface area contributed by atoms with Crippen molar-refractivity contribution in [1.82, 2.24) is 34.5 Å². The van der Waals surface area contributed by atoms with Crippen LogP contribution < -0.4 is 15.5 Å². The van der Waals surface area contributed by atoms with E-state index in [1.807, 2.05) is 17.0 Å². The number of benzene rings is 2. The molecule has 5 aromatic rings. The number of nitrogens with one attached hydrogen (secondary N) is 2. The number of fused-ring (bicyclic) bond motifs is 5. The molecule has 1 atom stereocenters. The minimum Gasteiger partial charge on any atom is -0.386 e. The smallest absolute Gasteiger partial charge is 0.274 e. The number of hydrogen-bond acceptors (Lipinski definition) is 10. The van der Waals surface area contributed by atoms with Gasteiger partial charge in [-0.15, -0.1) is 0 Å². The van der Waals surface area contributed by atoms with Gasteiger partial charge in [0.05, 0.1) is 39.9 Å². The van der Waals surface area contributed by atoms with Crippen molar-refractivity contribution >= 4 is 45.5 Å². The molecule has 14 nitrogen and oxygen atoms in total. The van der Waals surface area contributed by atoms with Crippen molar-refractivity contribution in [3.8, 4) is 6.07 Å². The van der Waals surface area contributed by atoms with Crippen molar-refractivity contribution in [2.45, 2.75) is 107 Å². The molecular weight excluding hydrogens is 807 g/mol. The lowest BCUT2D eigenvalue weighted by atomic mass is 9.60. The van der Waals surface area contributed by atoms with Crippen LogP contribution in [0.3, 0.4) is 0 Å². The van der Waals surface area contributed by atoms with Crippen molar-refractivity contribution in [3.05, 3.63) is 88.9 Å². The molecule has 3 aromatic heterocycles. The Hall–Kier alpha value is -5.76. The third-order valence-electron chi connectivity index (χ3n) is 15.0. The highest BCUT2D eigenvalue weighted by Crippen LogP contribution is 2.54. The number of nitrogens with zero attached hydrogens (tertiary/aromatic N) is 8. The number of piperazine rings is 1. The van der Waals surface area contributed by atoms with Crippen LogP contribution in [-0.2, 0) is 20.7 Å². The summed E-state index contributed by atoms with van der Waals surface area (Å²) in [5.41, 5.74) is 2.24. The molecule has 2 bridgehead atoms. The quantitative estimate of drug-likeness (QED) is 0.160. The predicted molar refractivity (Wildman–Crippen MR) is 231 cm³/mol. The number of nitriles is 1. The summed E-state index contributed by atoms with van der Waals surface area (Å²) in [6.45, 7) is 8.80. The normalized spacial score (nSPS) is 25.1. The van der Waals surface area contributed by atoms with E-state index in [2.05, 4.69) is 42.5 Å². The van der Waals surface area contributed by atoms with Crippen molar-refractivity contribution in [2.75, 3.05) is 49.5 Å². The SMILES string of the molecule is CC(C)(O)c1cc2nn(C34CCC(N5CCN(C6CCN(c7cc(F)c([C@H]8CCC(=O)NC8=O)c(F)c7)CC6)CC5)(CC3)CC4)cc2cc1NC(=O)c1ccc2cc(C#N)cnn12. The van der Waals surface area contributed by atoms with Crippen molar-refractivity contribution in [1.29, 1.82) is 5.26 Å². The van der Waals surface area contributed by atoms with Gasteiger partial charge in [-0.05, 0) is 114 Å². The molecule has 3 aliphatic heterocycles. The van der Waals surface area contributed by atoms with E-state index in [1.165, 1.54) is 22.8 Å². The predicted octanol–water partition coefficient (Wildman–Crippen LogP) is 5.92. The van der Waals surface area contributed by atoms with E-state index in [9.17, 15) is 24.8 Å². The summed E-state index contributed by atoms with van der Waals surface area (Å²) in [6.07, 6.45) is 11.9. The van der Waals surface area contributed by atoms with E-state index < -0.39 is 35.0 Å². The van der Waals surface area contributed by atoms with Crippen LogP contribution in [-0.4, -0.2) is 103 Å². The topological polar surface area (TPSA) is 164 Å². The average Bonchev–Trinajstić information content (AvgIpc) is 3.92. The second-order valence-corrected chi connectivity index (χ2v) is 19.0. The van der Waals surface area contributed by atoms with Gasteiger partial charge < -0.3 is 15.3 Å². The zero-order valence-electron chi connectivity index (χ0n) is 35.7. The number of aromatic nitrogens is 4. The van der Waals surface area contributed by atoms with Gasteiger partial charge in [0.25, 0.3) is 5.91 Å². The Kier molecular flexibility index (Phi) is 10.1. The molecule has 3 saturated heterocycles. The van der Waals surface area contributed by atoms with Crippen LogP contribution in [0.4, 0.5) is 20.2 Å². The Balaban J connectivity index is 0.762. The molecule has 0 spiro atoms. The van der Waals surface area contributed by atoms with Gasteiger partial charge in [-0.25, -0.2) is 13.3 Å². The molecule has 63 heavy (non-hydrogen) atoms. The van der Waals surface area contributed by atoms with E-state index >= 15 is 8.78 Å². The number of rotatable bonds is 8. The van der Waals surface area contributed by atoms with Gasteiger partial charge >= 0.3 is 0 Å². The molecule has 6 aliphatic rings. The monoisotopic (exact) mass is 858 g/mol. The highest BCUT2D eigenvalue weighted by atomic mass is 19.1. The fourth-order valence-corrected chi connectivity index (χ4v) is 11.4. The Labute approximate surface area is 363 Å². The van der Waals surface area contributed by atoms with E-state index in [4.69, 9.17) is 5.10 Å². The second kappa shape index (κ2) is 15.5. The van der Waals surface area contributed by atoms with Crippen molar-refractivity contribution in [3.63, 3.8) is 0 Å². The van der Waals surface area contributed by atoms with Gasteiger partial charge in [0.1, 0.15) is 23.4 Å². The maximum absolute atomic E-state index is 15.3. The van der Waals surface area contributed by atoms with E-state index in [0.717, 1.165) is 88.4 Å². The molecule has 2 aromatic carbocycles. The van der Waals surface area contributed by atoms with Crippen LogP contribution in [0.1, 0.15) is 111 Å². The fraction of sp³-hybridized carbons (Fsp3) is 0.489. The fourth-order valence-electron chi connectivity index (χ4n) is 11.4. The maximum Gasteiger partial charge on any atom is 0.274 e. The number of carbonyl (C=O) groups excluding carboxylic acids is 3. The third-order valence-corrected chi connectivity index (χ3v) is 15.0. The lowest BCUT2D eigenvalue weighted by Gasteiger charge is -2.59. The molecule has 6 fully saturated rings. The third kappa shape index (κ3) is 7.33. The zero-order valence-corrected chi connectivity index (χ0v) is 35.7. The molecule has 328 valence electrons.